The molecule has 1 saturated heterocycles. The second kappa shape index (κ2) is 6.02. The van der Waals surface area contributed by atoms with Gasteiger partial charge in [-0.15, -0.1) is 0 Å². The lowest BCUT2D eigenvalue weighted by Crippen LogP contribution is -2.46. The van der Waals surface area contributed by atoms with Gasteiger partial charge in [-0.05, 0) is 12.1 Å². The average molecular weight is 267 g/mol. The summed E-state index contributed by atoms with van der Waals surface area (Å²) >= 11 is 5.06. The van der Waals surface area contributed by atoms with Crippen molar-refractivity contribution >= 4 is 23.3 Å². The monoisotopic (exact) mass is 267 g/mol. The number of rotatable bonds is 4. The number of morpholine rings is 1. The van der Waals surface area contributed by atoms with E-state index in [2.05, 4.69) is 4.90 Å². The van der Waals surface area contributed by atoms with Crippen LogP contribution in [0.5, 0.6) is 11.5 Å². The standard InChI is InChI=1S/C13H17NO3S/c1-15-12-4-3-10(7-13(12)16-2)14-5-6-17-8-11(14)9-18/h3-4,7,9,11H,5-6,8H2,1-2H3. The number of thiocarbonyl (C=S) groups is 1. The Balaban J connectivity index is 2.28. The molecule has 0 spiro atoms. The van der Waals surface area contributed by atoms with E-state index in [4.69, 9.17) is 26.4 Å². The van der Waals surface area contributed by atoms with Gasteiger partial charge in [-0.3, -0.25) is 0 Å². The lowest BCUT2D eigenvalue weighted by Gasteiger charge is -2.35. The number of ether oxygens (including phenoxy) is 3. The first-order chi connectivity index (χ1) is 8.80. The van der Waals surface area contributed by atoms with E-state index in [0.29, 0.717) is 13.2 Å². The van der Waals surface area contributed by atoms with Crippen molar-refractivity contribution in [1.29, 1.82) is 0 Å². The average Bonchev–Trinajstić information content (AvgIpc) is 2.46. The largest absolute Gasteiger partial charge is 0.493 e. The summed E-state index contributed by atoms with van der Waals surface area (Å²) < 4.78 is 16.0. The van der Waals surface area contributed by atoms with E-state index in [9.17, 15) is 0 Å². The van der Waals surface area contributed by atoms with E-state index in [1.165, 1.54) is 0 Å². The smallest absolute Gasteiger partial charge is 0.162 e. The minimum Gasteiger partial charge on any atom is -0.493 e. The molecule has 1 heterocycles. The highest BCUT2D eigenvalue weighted by Gasteiger charge is 2.22. The Morgan fingerprint density at radius 1 is 1.33 bits per heavy atom. The van der Waals surface area contributed by atoms with Crippen LogP contribution in [0.3, 0.4) is 0 Å². The Morgan fingerprint density at radius 2 is 2.11 bits per heavy atom. The Hall–Kier alpha value is -1.33. The molecule has 0 amide bonds. The Kier molecular flexibility index (Phi) is 4.38. The fourth-order valence-electron chi connectivity index (χ4n) is 2.06. The van der Waals surface area contributed by atoms with Crippen molar-refractivity contribution in [2.24, 2.45) is 0 Å². The lowest BCUT2D eigenvalue weighted by molar-refractivity contribution is 0.111. The first-order valence-electron chi connectivity index (χ1n) is 5.82. The Labute approximate surface area is 112 Å². The predicted octanol–water partition coefficient (Wildman–Crippen LogP) is 1.91. The van der Waals surface area contributed by atoms with Gasteiger partial charge in [0.15, 0.2) is 11.5 Å². The van der Waals surface area contributed by atoms with E-state index < -0.39 is 0 Å². The van der Waals surface area contributed by atoms with Crippen molar-refractivity contribution in [3.8, 4) is 11.5 Å². The molecule has 98 valence electrons. The van der Waals surface area contributed by atoms with Crippen LogP contribution >= 0.6 is 12.2 Å². The normalized spacial score (nSPS) is 19.4. The van der Waals surface area contributed by atoms with Crippen molar-refractivity contribution in [1.82, 2.24) is 0 Å². The van der Waals surface area contributed by atoms with E-state index in [1.807, 2.05) is 18.2 Å². The fourth-order valence-corrected chi connectivity index (χ4v) is 2.29. The number of methoxy groups -OCH3 is 2. The van der Waals surface area contributed by atoms with E-state index in [0.717, 1.165) is 23.7 Å². The lowest BCUT2D eigenvalue weighted by atomic mass is 10.2. The molecule has 18 heavy (non-hydrogen) atoms. The van der Waals surface area contributed by atoms with Gasteiger partial charge in [0.05, 0.1) is 33.5 Å². The molecule has 0 saturated carbocycles. The van der Waals surface area contributed by atoms with E-state index >= 15 is 0 Å². The second-order valence-electron chi connectivity index (χ2n) is 4.01. The second-order valence-corrected chi connectivity index (χ2v) is 4.28. The molecule has 5 heteroatoms. The third kappa shape index (κ3) is 2.57. The van der Waals surface area contributed by atoms with Crippen LogP contribution in [0.25, 0.3) is 0 Å². The molecule has 0 N–H and O–H groups in total. The van der Waals surface area contributed by atoms with Gasteiger partial charge in [0.1, 0.15) is 0 Å². The van der Waals surface area contributed by atoms with Crippen LogP contribution in [0.4, 0.5) is 5.69 Å². The molecule has 4 nitrogen and oxygen atoms in total. The van der Waals surface area contributed by atoms with Gasteiger partial charge < -0.3 is 19.1 Å². The zero-order chi connectivity index (χ0) is 13.0. The van der Waals surface area contributed by atoms with Crippen molar-refractivity contribution in [3.63, 3.8) is 0 Å². The molecule has 0 radical (unpaired) electrons. The summed E-state index contributed by atoms with van der Waals surface area (Å²) in [5, 5.41) is 1.75. The van der Waals surface area contributed by atoms with Gasteiger partial charge in [-0.25, -0.2) is 0 Å². The third-order valence-electron chi connectivity index (χ3n) is 3.02. The minimum atomic E-state index is 0.131. The predicted molar refractivity (Wildman–Crippen MR) is 75.2 cm³/mol. The Bertz CT molecular complexity index is 425. The van der Waals surface area contributed by atoms with Gasteiger partial charge in [-0.2, -0.15) is 0 Å². The molecule has 1 fully saturated rings. The summed E-state index contributed by atoms with van der Waals surface area (Å²) in [5.41, 5.74) is 1.07. The van der Waals surface area contributed by atoms with Crippen LogP contribution in [0.2, 0.25) is 0 Å². The molecule has 1 aromatic rings. The summed E-state index contributed by atoms with van der Waals surface area (Å²) in [4.78, 5) is 2.22. The van der Waals surface area contributed by atoms with E-state index in [1.54, 1.807) is 19.6 Å². The quantitative estimate of drug-likeness (QED) is 0.778. The molecule has 0 bridgehead atoms. The molecule has 1 aliphatic rings. The zero-order valence-corrected chi connectivity index (χ0v) is 11.4. The summed E-state index contributed by atoms with van der Waals surface area (Å²) in [5.74, 6) is 1.46. The molecule has 1 unspecified atom stereocenters. The van der Waals surface area contributed by atoms with Gasteiger partial charge >= 0.3 is 0 Å². The van der Waals surface area contributed by atoms with Crippen LogP contribution in [-0.2, 0) is 4.74 Å². The van der Waals surface area contributed by atoms with Gasteiger partial charge in [0.25, 0.3) is 0 Å². The molecule has 1 atom stereocenters. The highest BCUT2D eigenvalue weighted by molar-refractivity contribution is 7.79. The first kappa shape index (κ1) is 13.1. The molecule has 0 aromatic heterocycles. The topological polar surface area (TPSA) is 30.9 Å². The highest BCUT2D eigenvalue weighted by Crippen LogP contribution is 2.32. The number of nitrogens with zero attached hydrogens (tertiary/aromatic N) is 1. The van der Waals surface area contributed by atoms with Crippen LogP contribution < -0.4 is 14.4 Å². The van der Waals surface area contributed by atoms with Crippen LogP contribution in [0, 0.1) is 0 Å². The maximum atomic E-state index is 5.43. The number of anilines is 1. The SMILES string of the molecule is COc1ccc(N2CCOCC2C=S)cc1OC. The molecular weight excluding hydrogens is 250 g/mol. The maximum Gasteiger partial charge on any atom is 0.162 e. The molecule has 0 aliphatic carbocycles. The summed E-state index contributed by atoms with van der Waals surface area (Å²) in [6.07, 6.45) is 0. The van der Waals surface area contributed by atoms with Crippen molar-refractivity contribution in [2.75, 3.05) is 38.9 Å². The maximum absolute atomic E-state index is 5.43. The Morgan fingerprint density at radius 3 is 2.78 bits per heavy atom. The van der Waals surface area contributed by atoms with E-state index in [-0.39, 0.29) is 6.04 Å². The number of hydrogen-bond acceptors (Lipinski definition) is 5. The zero-order valence-electron chi connectivity index (χ0n) is 10.6. The molecule has 2 rings (SSSR count). The van der Waals surface area contributed by atoms with Crippen molar-refractivity contribution < 1.29 is 14.2 Å². The van der Waals surface area contributed by atoms with Crippen LogP contribution in [-0.4, -0.2) is 45.4 Å². The number of hydrogen-bond donors (Lipinski definition) is 0. The fraction of sp³-hybridized carbons (Fsp3) is 0.462. The van der Waals surface area contributed by atoms with Gasteiger partial charge in [0, 0.05) is 23.7 Å². The van der Waals surface area contributed by atoms with Crippen LogP contribution in [0.1, 0.15) is 0 Å². The van der Waals surface area contributed by atoms with Crippen molar-refractivity contribution in [3.05, 3.63) is 18.2 Å². The molecular formula is C13H17NO3S. The number of benzene rings is 1. The summed E-state index contributed by atoms with van der Waals surface area (Å²) in [6.45, 7) is 2.18. The summed E-state index contributed by atoms with van der Waals surface area (Å²) in [6, 6.07) is 6.02. The van der Waals surface area contributed by atoms with Crippen molar-refractivity contribution in [2.45, 2.75) is 6.04 Å². The first-order valence-corrected chi connectivity index (χ1v) is 6.29. The molecule has 1 aliphatic heterocycles. The summed E-state index contributed by atoms with van der Waals surface area (Å²) in [7, 11) is 3.27. The van der Waals surface area contributed by atoms with Crippen LogP contribution in [0.15, 0.2) is 18.2 Å². The third-order valence-corrected chi connectivity index (χ3v) is 3.34. The minimum absolute atomic E-state index is 0.131. The molecule has 1 aromatic carbocycles. The van der Waals surface area contributed by atoms with Gasteiger partial charge in [0.2, 0.25) is 0 Å². The van der Waals surface area contributed by atoms with Gasteiger partial charge in [-0.1, -0.05) is 12.2 Å². The highest BCUT2D eigenvalue weighted by atomic mass is 32.1.